The first kappa shape index (κ1) is 16.9. The largest absolute Gasteiger partial charge is 0.370 e. The number of hydrogen-bond acceptors (Lipinski definition) is 3. The molecular weight excluding hydrogens is 373 g/mol. The molecule has 1 aliphatic rings. The molecule has 4 nitrogen and oxygen atoms in total. The number of benzene rings is 1. The minimum Gasteiger partial charge on any atom is -0.370 e. The number of aromatic nitrogens is 1. The van der Waals surface area contributed by atoms with Crippen LogP contribution < -0.4 is 10.6 Å². The van der Waals surface area contributed by atoms with Gasteiger partial charge in [0.15, 0.2) is 0 Å². The summed E-state index contributed by atoms with van der Waals surface area (Å²) in [6, 6.07) is 10.4. The molecule has 6 heteroatoms. The molecule has 0 spiro atoms. The zero-order valence-electron chi connectivity index (χ0n) is 13.2. The maximum atomic E-state index is 13.2. The molecule has 0 aliphatic carbocycles. The Morgan fingerprint density at radius 2 is 1.88 bits per heavy atom. The van der Waals surface area contributed by atoms with E-state index in [1.54, 1.807) is 18.3 Å². The van der Waals surface area contributed by atoms with Gasteiger partial charge in [0.1, 0.15) is 11.6 Å². The molecule has 24 heavy (non-hydrogen) atoms. The Balaban J connectivity index is 1.81. The van der Waals surface area contributed by atoms with Gasteiger partial charge in [0.25, 0.3) is 0 Å². The standard InChI is InChI=1S/C18H19BrFN3O/c19-14-3-6-17(22-12-14)23-9-7-18(8-10-23,11-16(21)24)13-1-4-15(20)5-2-13/h1-6,12H,7-11H2,(H2,21,24). The van der Waals surface area contributed by atoms with Gasteiger partial charge in [-0.05, 0) is 58.6 Å². The van der Waals surface area contributed by atoms with Gasteiger partial charge in [-0.15, -0.1) is 0 Å². The smallest absolute Gasteiger partial charge is 0.218 e. The number of halogens is 2. The molecule has 1 aromatic carbocycles. The fourth-order valence-corrected chi connectivity index (χ4v) is 3.66. The number of carbonyl (C=O) groups excluding carboxylic acids is 1. The molecule has 0 radical (unpaired) electrons. The fraction of sp³-hybridized carbons (Fsp3) is 0.333. The van der Waals surface area contributed by atoms with Crippen LogP contribution in [0.5, 0.6) is 0 Å². The number of primary amides is 1. The van der Waals surface area contributed by atoms with E-state index in [1.165, 1.54) is 12.1 Å². The third-order valence-corrected chi connectivity index (χ3v) is 5.19. The third kappa shape index (κ3) is 3.59. The number of nitrogens with zero attached hydrogens (tertiary/aromatic N) is 2. The SMILES string of the molecule is NC(=O)CC1(c2ccc(F)cc2)CCN(c2ccc(Br)cn2)CC1. The van der Waals surface area contributed by atoms with Crippen LogP contribution in [0, 0.1) is 5.82 Å². The summed E-state index contributed by atoms with van der Waals surface area (Å²) in [5.74, 6) is 0.323. The number of carbonyl (C=O) groups is 1. The van der Waals surface area contributed by atoms with E-state index in [2.05, 4.69) is 25.8 Å². The summed E-state index contributed by atoms with van der Waals surface area (Å²) in [6.45, 7) is 1.55. The molecule has 0 saturated carbocycles. The number of pyridine rings is 1. The van der Waals surface area contributed by atoms with E-state index in [9.17, 15) is 9.18 Å². The van der Waals surface area contributed by atoms with Gasteiger partial charge in [-0.3, -0.25) is 4.79 Å². The normalized spacial score (nSPS) is 16.8. The highest BCUT2D eigenvalue weighted by atomic mass is 79.9. The van der Waals surface area contributed by atoms with Crippen LogP contribution in [0.3, 0.4) is 0 Å². The predicted molar refractivity (Wildman–Crippen MR) is 95.3 cm³/mol. The first-order valence-electron chi connectivity index (χ1n) is 7.89. The Labute approximate surface area is 149 Å². The molecule has 3 rings (SSSR count). The van der Waals surface area contributed by atoms with Crippen molar-refractivity contribution in [2.45, 2.75) is 24.7 Å². The summed E-state index contributed by atoms with van der Waals surface area (Å²) in [6.07, 6.45) is 3.61. The second-order valence-corrected chi connectivity index (χ2v) is 7.17. The molecule has 0 atom stereocenters. The summed E-state index contributed by atoms with van der Waals surface area (Å²) < 4.78 is 14.2. The van der Waals surface area contributed by atoms with Gasteiger partial charge >= 0.3 is 0 Å². The molecule has 2 N–H and O–H groups in total. The number of hydrogen-bond donors (Lipinski definition) is 1. The molecule has 0 bridgehead atoms. The highest BCUT2D eigenvalue weighted by Gasteiger charge is 2.38. The molecular formula is C18H19BrFN3O. The van der Waals surface area contributed by atoms with Crippen molar-refractivity contribution in [2.75, 3.05) is 18.0 Å². The zero-order chi connectivity index (χ0) is 17.2. The van der Waals surface area contributed by atoms with Crippen LogP contribution in [0.2, 0.25) is 0 Å². The lowest BCUT2D eigenvalue weighted by Gasteiger charge is -2.42. The molecule has 1 fully saturated rings. The lowest BCUT2D eigenvalue weighted by molar-refractivity contribution is -0.119. The van der Waals surface area contributed by atoms with Crippen LogP contribution in [0.15, 0.2) is 47.1 Å². The fourth-order valence-electron chi connectivity index (χ4n) is 3.42. The first-order valence-corrected chi connectivity index (χ1v) is 8.69. The van der Waals surface area contributed by atoms with Gasteiger partial charge in [0, 0.05) is 35.6 Å². The monoisotopic (exact) mass is 391 g/mol. The maximum absolute atomic E-state index is 13.2. The number of rotatable bonds is 4. The van der Waals surface area contributed by atoms with Crippen LogP contribution in [-0.2, 0) is 10.2 Å². The highest BCUT2D eigenvalue weighted by Crippen LogP contribution is 2.39. The summed E-state index contributed by atoms with van der Waals surface area (Å²) in [5.41, 5.74) is 6.14. The number of nitrogens with two attached hydrogens (primary N) is 1. The average Bonchev–Trinajstić information content (AvgIpc) is 2.56. The van der Waals surface area contributed by atoms with Gasteiger partial charge < -0.3 is 10.6 Å². The van der Waals surface area contributed by atoms with Crippen LogP contribution in [0.4, 0.5) is 10.2 Å². The Hall–Kier alpha value is -1.95. The second-order valence-electron chi connectivity index (χ2n) is 6.25. The van der Waals surface area contributed by atoms with Crippen molar-refractivity contribution >= 4 is 27.7 Å². The Kier molecular flexibility index (Phi) is 4.85. The van der Waals surface area contributed by atoms with Crippen LogP contribution in [0.25, 0.3) is 0 Å². The summed E-state index contributed by atoms with van der Waals surface area (Å²) >= 11 is 3.39. The lowest BCUT2D eigenvalue weighted by atomic mass is 9.70. The van der Waals surface area contributed by atoms with E-state index in [1.807, 2.05) is 12.1 Å². The molecule has 0 unspecified atom stereocenters. The molecule has 2 aromatic rings. The Morgan fingerprint density at radius 3 is 2.42 bits per heavy atom. The van der Waals surface area contributed by atoms with Gasteiger partial charge in [0.05, 0.1) is 0 Å². The van der Waals surface area contributed by atoms with Gasteiger partial charge in [-0.2, -0.15) is 0 Å². The van der Waals surface area contributed by atoms with Crippen LogP contribution in [-0.4, -0.2) is 24.0 Å². The van der Waals surface area contributed by atoms with Crippen molar-refractivity contribution in [1.82, 2.24) is 4.98 Å². The minimum absolute atomic E-state index is 0.274. The predicted octanol–water partition coefficient (Wildman–Crippen LogP) is 3.40. The number of amides is 1. The number of piperidine rings is 1. The maximum Gasteiger partial charge on any atom is 0.218 e. The average molecular weight is 392 g/mol. The lowest BCUT2D eigenvalue weighted by Crippen LogP contribution is -2.45. The second kappa shape index (κ2) is 6.89. The van der Waals surface area contributed by atoms with E-state index in [0.717, 1.165) is 41.8 Å². The van der Waals surface area contributed by atoms with E-state index >= 15 is 0 Å². The summed E-state index contributed by atoms with van der Waals surface area (Å²) in [4.78, 5) is 18.3. The molecule has 126 valence electrons. The summed E-state index contributed by atoms with van der Waals surface area (Å²) in [5, 5.41) is 0. The highest BCUT2D eigenvalue weighted by molar-refractivity contribution is 9.10. The van der Waals surface area contributed by atoms with Crippen molar-refractivity contribution in [3.05, 3.63) is 58.4 Å². The van der Waals surface area contributed by atoms with Crippen molar-refractivity contribution < 1.29 is 9.18 Å². The van der Waals surface area contributed by atoms with E-state index in [0.29, 0.717) is 0 Å². The van der Waals surface area contributed by atoms with Crippen LogP contribution >= 0.6 is 15.9 Å². The zero-order valence-corrected chi connectivity index (χ0v) is 14.8. The van der Waals surface area contributed by atoms with Crippen molar-refractivity contribution in [3.8, 4) is 0 Å². The Bertz CT molecular complexity index is 710. The summed E-state index contributed by atoms with van der Waals surface area (Å²) in [7, 11) is 0. The molecule has 1 aromatic heterocycles. The molecule has 2 heterocycles. The van der Waals surface area contributed by atoms with Crippen molar-refractivity contribution in [3.63, 3.8) is 0 Å². The molecule has 1 aliphatic heterocycles. The Morgan fingerprint density at radius 1 is 1.21 bits per heavy atom. The van der Waals surface area contributed by atoms with Gasteiger partial charge in [0.2, 0.25) is 5.91 Å². The van der Waals surface area contributed by atoms with Crippen molar-refractivity contribution in [1.29, 1.82) is 0 Å². The molecule has 1 saturated heterocycles. The first-order chi connectivity index (χ1) is 11.5. The molecule has 1 amide bonds. The van der Waals surface area contributed by atoms with E-state index < -0.39 is 0 Å². The van der Waals surface area contributed by atoms with Gasteiger partial charge in [-0.1, -0.05) is 12.1 Å². The van der Waals surface area contributed by atoms with Crippen molar-refractivity contribution in [2.24, 2.45) is 5.73 Å². The topological polar surface area (TPSA) is 59.2 Å². The van der Waals surface area contributed by atoms with E-state index in [4.69, 9.17) is 5.73 Å². The van der Waals surface area contributed by atoms with Crippen LogP contribution in [0.1, 0.15) is 24.8 Å². The minimum atomic E-state index is -0.328. The number of anilines is 1. The van der Waals surface area contributed by atoms with E-state index in [-0.39, 0.29) is 23.6 Å². The van der Waals surface area contributed by atoms with Gasteiger partial charge in [-0.25, -0.2) is 9.37 Å². The quantitative estimate of drug-likeness (QED) is 0.868. The third-order valence-electron chi connectivity index (χ3n) is 4.73.